The first-order valence-electron chi connectivity index (χ1n) is 5.46. The molecule has 0 fully saturated rings. The number of ether oxygens (including phenoxy) is 1. The number of halogens is 1. The normalized spacial score (nSPS) is 10.4. The second-order valence-corrected chi connectivity index (χ2v) is 4.69. The Bertz CT molecular complexity index is 561. The molecule has 0 bridgehead atoms. The Morgan fingerprint density at radius 1 is 1.39 bits per heavy atom. The molecule has 0 saturated carbocycles. The van der Waals surface area contributed by atoms with Gasteiger partial charge in [0.25, 0.3) is 0 Å². The van der Waals surface area contributed by atoms with Crippen LogP contribution in [0, 0.1) is 6.92 Å². The molecule has 0 aliphatic rings. The van der Waals surface area contributed by atoms with Crippen molar-refractivity contribution >= 4 is 21.9 Å². The zero-order valence-corrected chi connectivity index (χ0v) is 11.8. The number of imidazole rings is 1. The maximum Gasteiger partial charge on any atom is 0.356 e. The van der Waals surface area contributed by atoms with E-state index >= 15 is 0 Å². The minimum Gasteiger partial charge on any atom is -0.464 e. The van der Waals surface area contributed by atoms with Gasteiger partial charge in [-0.05, 0) is 28.4 Å². The van der Waals surface area contributed by atoms with Crippen LogP contribution in [-0.4, -0.2) is 22.6 Å². The van der Waals surface area contributed by atoms with Gasteiger partial charge in [0, 0.05) is 0 Å². The molecule has 1 aromatic carbocycles. The van der Waals surface area contributed by atoms with Crippen LogP contribution in [0.25, 0.3) is 0 Å². The molecule has 18 heavy (non-hydrogen) atoms. The standard InChI is InChI=1S/C13H13BrN2O2/c1-9-3-5-10(6-4-9)8-16-11(12(17)18-2)7-15-13(16)14/h3-7H,8H2,1-2H3. The molecule has 4 nitrogen and oxygen atoms in total. The average molecular weight is 309 g/mol. The van der Waals surface area contributed by atoms with Crippen LogP contribution < -0.4 is 0 Å². The van der Waals surface area contributed by atoms with E-state index in [1.165, 1.54) is 18.9 Å². The van der Waals surface area contributed by atoms with Crippen molar-refractivity contribution in [3.8, 4) is 0 Å². The van der Waals surface area contributed by atoms with E-state index in [0.717, 1.165) is 5.56 Å². The summed E-state index contributed by atoms with van der Waals surface area (Å²) in [4.78, 5) is 15.7. The molecule has 94 valence electrons. The van der Waals surface area contributed by atoms with Crippen molar-refractivity contribution in [3.05, 3.63) is 52.0 Å². The number of carbonyl (C=O) groups is 1. The Labute approximate surface area is 114 Å². The van der Waals surface area contributed by atoms with Crippen molar-refractivity contribution in [1.82, 2.24) is 9.55 Å². The lowest BCUT2D eigenvalue weighted by Gasteiger charge is -2.08. The third kappa shape index (κ3) is 2.61. The highest BCUT2D eigenvalue weighted by Gasteiger charge is 2.15. The Morgan fingerprint density at radius 2 is 2.06 bits per heavy atom. The third-order valence-electron chi connectivity index (χ3n) is 2.66. The fourth-order valence-corrected chi connectivity index (χ4v) is 2.07. The molecule has 0 saturated heterocycles. The largest absolute Gasteiger partial charge is 0.464 e. The van der Waals surface area contributed by atoms with Crippen molar-refractivity contribution in [1.29, 1.82) is 0 Å². The summed E-state index contributed by atoms with van der Waals surface area (Å²) in [5, 5.41) is 0. The second kappa shape index (κ2) is 5.35. The predicted octanol–water partition coefficient (Wildman–Crippen LogP) is 2.79. The van der Waals surface area contributed by atoms with E-state index in [0.29, 0.717) is 17.0 Å². The third-order valence-corrected chi connectivity index (χ3v) is 3.30. The van der Waals surface area contributed by atoms with Gasteiger partial charge in [-0.3, -0.25) is 0 Å². The number of benzene rings is 1. The van der Waals surface area contributed by atoms with Crippen molar-refractivity contribution in [2.45, 2.75) is 13.5 Å². The molecular formula is C13H13BrN2O2. The van der Waals surface area contributed by atoms with Gasteiger partial charge < -0.3 is 9.30 Å². The van der Waals surface area contributed by atoms with Gasteiger partial charge in [-0.25, -0.2) is 9.78 Å². The second-order valence-electron chi connectivity index (χ2n) is 3.98. The van der Waals surface area contributed by atoms with Crippen LogP contribution in [0.15, 0.2) is 35.2 Å². The molecule has 0 spiro atoms. The summed E-state index contributed by atoms with van der Waals surface area (Å²) in [6.07, 6.45) is 1.50. The highest BCUT2D eigenvalue weighted by atomic mass is 79.9. The van der Waals surface area contributed by atoms with Gasteiger partial charge in [-0.15, -0.1) is 0 Å². The van der Waals surface area contributed by atoms with Crippen LogP contribution in [-0.2, 0) is 11.3 Å². The van der Waals surface area contributed by atoms with Crippen molar-refractivity contribution in [2.24, 2.45) is 0 Å². The number of nitrogens with zero attached hydrogens (tertiary/aromatic N) is 2. The number of rotatable bonds is 3. The van der Waals surface area contributed by atoms with Gasteiger partial charge in [0.2, 0.25) is 0 Å². The van der Waals surface area contributed by atoms with Crippen LogP contribution in [0.5, 0.6) is 0 Å². The van der Waals surface area contributed by atoms with Gasteiger partial charge in [-0.1, -0.05) is 29.8 Å². The summed E-state index contributed by atoms with van der Waals surface area (Å²) in [5.41, 5.74) is 2.74. The molecule has 2 rings (SSSR count). The quantitative estimate of drug-likeness (QED) is 0.819. The summed E-state index contributed by atoms with van der Waals surface area (Å²) in [5.74, 6) is -0.389. The summed E-state index contributed by atoms with van der Waals surface area (Å²) in [6.45, 7) is 2.61. The minimum absolute atomic E-state index is 0.389. The van der Waals surface area contributed by atoms with Crippen LogP contribution in [0.3, 0.4) is 0 Å². The Morgan fingerprint density at radius 3 is 2.67 bits per heavy atom. The monoisotopic (exact) mass is 308 g/mol. The number of methoxy groups -OCH3 is 1. The first-order valence-corrected chi connectivity index (χ1v) is 6.26. The van der Waals surface area contributed by atoms with Crippen LogP contribution in [0.2, 0.25) is 0 Å². The first-order chi connectivity index (χ1) is 8.61. The highest BCUT2D eigenvalue weighted by molar-refractivity contribution is 9.10. The molecule has 1 aromatic heterocycles. The Kier molecular flexibility index (Phi) is 3.81. The summed E-state index contributed by atoms with van der Waals surface area (Å²) in [7, 11) is 1.36. The number of aryl methyl sites for hydroxylation is 1. The van der Waals surface area contributed by atoms with Gasteiger partial charge in [0.05, 0.1) is 19.9 Å². The van der Waals surface area contributed by atoms with Crippen LogP contribution in [0.1, 0.15) is 21.6 Å². The van der Waals surface area contributed by atoms with E-state index in [1.54, 1.807) is 4.57 Å². The summed E-state index contributed by atoms with van der Waals surface area (Å²) in [6, 6.07) is 8.14. The average Bonchev–Trinajstić information content (AvgIpc) is 2.73. The smallest absolute Gasteiger partial charge is 0.356 e. The molecule has 0 atom stereocenters. The van der Waals surface area contributed by atoms with E-state index in [-0.39, 0.29) is 5.97 Å². The van der Waals surface area contributed by atoms with Gasteiger partial charge in [0.1, 0.15) is 5.69 Å². The molecule has 5 heteroatoms. The fourth-order valence-electron chi connectivity index (χ4n) is 1.65. The van der Waals surface area contributed by atoms with Crippen LogP contribution >= 0.6 is 15.9 Å². The molecule has 0 N–H and O–H groups in total. The SMILES string of the molecule is COC(=O)c1cnc(Br)n1Cc1ccc(C)cc1. The minimum atomic E-state index is -0.389. The number of carbonyl (C=O) groups excluding carboxylic acids is 1. The van der Waals surface area contributed by atoms with Crippen molar-refractivity contribution in [2.75, 3.05) is 7.11 Å². The molecule has 1 heterocycles. The molecule has 0 aliphatic carbocycles. The van der Waals surface area contributed by atoms with Crippen LogP contribution in [0.4, 0.5) is 0 Å². The lowest BCUT2D eigenvalue weighted by molar-refractivity contribution is 0.0588. The van der Waals surface area contributed by atoms with E-state index in [2.05, 4.69) is 20.9 Å². The van der Waals surface area contributed by atoms with Gasteiger partial charge in [-0.2, -0.15) is 0 Å². The van der Waals surface area contributed by atoms with Crippen molar-refractivity contribution < 1.29 is 9.53 Å². The van der Waals surface area contributed by atoms with E-state index < -0.39 is 0 Å². The van der Waals surface area contributed by atoms with Crippen molar-refractivity contribution in [3.63, 3.8) is 0 Å². The lowest BCUT2D eigenvalue weighted by atomic mass is 10.1. The number of hydrogen-bond acceptors (Lipinski definition) is 3. The first kappa shape index (κ1) is 12.8. The number of aromatic nitrogens is 2. The van der Waals surface area contributed by atoms with Gasteiger partial charge in [0.15, 0.2) is 4.73 Å². The lowest BCUT2D eigenvalue weighted by Crippen LogP contribution is -2.11. The molecule has 0 unspecified atom stereocenters. The predicted molar refractivity (Wildman–Crippen MR) is 71.5 cm³/mol. The molecule has 0 aliphatic heterocycles. The van der Waals surface area contributed by atoms with E-state index in [9.17, 15) is 4.79 Å². The molecule has 0 radical (unpaired) electrons. The molecule has 2 aromatic rings. The summed E-state index contributed by atoms with van der Waals surface area (Å²) < 4.78 is 7.12. The van der Waals surface area contributed by atoms with E-state index in [1.807, 2.05) is 31.2 Å². The van der Waals surface area contributed by atoms with E-state index in [4.69, 9.17) is 4.74 Å². The number of esters is 1. The highest BCUT2D eigenvalue weighted by Crippen LogP contribution is 2.16. The zero-order chi connectivity index (χ0) is 13.1. The zero-order valence-electron chi connectivity index (χ0n) is 10.2. The molecule has 0 amide bonds. The fraction of sp³-hybridized carbons (Fsp3) is 0.231. The topological polar surface area (TPSA) is 44.1 Å². The van der Waals surface area contributed by atoms with Gasteiger partial charge >= 0.3 is 5.97 Å². The number of hydrogen-bond donors (Lipinski definition) is 0. The Hall–Kier alpha value is -1.62. The maximum atomic E-state index is 11.6. The Balaban J connectivity index is 2.31. The maximum absolute atomic E-state index is 11.6. The molecular weight excluding hydrogens is 296 g/mol. The summed E-state index contributed by atoms with van der Waals surface area (Å²) >= 11 is 3.33.